The average molecular weight is 258 g/mol. The van der Waals surface area contributed by atoms with Crippen LogP contribution in [0.5, 0.6) is 0 Å². The molecule has 6 nitrogen and oxygen atoms in total. The third-order valence-electron chi connectivity index (χ3n) is 4.03. The van der Waals surface area contributed by atoms with Gasteiger partial charge in [0.25, 0.3) is 0 Å². The zero-order valence-electron chi connectivity index (χ0n) is 11.2. The van der Waals surface area contributed by atoms with Gasteiger partial charge in [0.05, 0.1) is 24.7 Å². The highest BCUT2D eigenvalue weighted by molar-refractivity contribution is 5.84. The Kier molecular flexibility index (Phi) is 4.34. The van der Waals surface area contributed by atoms with Gasteiger partial charge < -0.3 is 20.9 Å². The topological polar surface area (TPSA) is 102 Å². The molecule has 0 aliphatic carbocycles. The second-order valence-corrected chi connectivity index (χ2v) is 5.38. The van der Waals surface area contributed by atoms with Crippen LogP contribution < -0.4 is 11.1 Å². The number of amides is 1. The summed E-state index contributed by atoms with van der Waals surface area (Å²) >= 11 is 0. The molecule has 3 atom stereocenters. The normalized spacial score (nSPS) is 30.8. The van der Waals surface area contributed by atoms with E-state index in [1.807, 2.05) is 6.92 Å². The first-order valence-electron chi connectivity index (χ1n) is 6.12. The molecule has 0 spiro atoms. The smallest absolute Gasteiger partial charge is 0.313 e. The molecule has 0 aromatic carbocycles. The number of carboxylic acids is 1. The largest absolute Gasteiger partial charge is 0.481 e. The number of carbonyl (C=O) groups is 2. The highest BCUT2D eigenvalue weighted by atomic mass is 16.5. The fourth-order valence-electron chi connectivity index (χ4n) is 1.82. The number of aliphatic carboxylic acids is 1. The van der Waals surface area contributed by atoms with Gasteiger partial charge in [-0.15, -0.1) is 0 Å². The van der Waals surface area contributed by atoms with Gasteiger partial charge in [-0.2, -0.15) is 0 Å². The number of hydrogen-bond donors (Lipinski definition) is 3. The fourth-order valence-corrected chi connectivity index (χ4v) is 1.82. The molecule has 3 unspecified atom stereocenters. The quantitative estimate of drug-likeness (QED) is 0.642. The second-order valence-electron chi connectivity index (χ2n) is 5.38. The lowest BCUT2D eigenvalue weighted by atomic mass is 9.82. The summed E-state index contributed by atoms with van der Waals surface area (Å²) in [5, 5.41) is 12.0. The SMILES string of the molecule is CCC(C)(CN)C(=O)NC1COCC1(C)C(=O)O. The first-order valence-corrected chi connectivity index (χ1v) is 6.12. The summed E-state index contributed by atoms with van der Waals surface area (Å²) in [4.78, 5) is 23.4. The monoisotopic (exact) mass is 258 g/mol. The summed E-state index contributed by atoms with van der Waals surface area (Å²) in [6.45, 7) is 5.80. The van der Waals surface area contributed by atoms with Crippen molar-refractivity contribution >= 4 is 11.9 Å². The molecule has 4 N–H and O–H groups in total. The van der Waals surface area contributed by atoms with E-state index in [1.54, 1.807) is 13.8 Å². The summed E-state index contributed by atoms with van der Waals surface area (Å²) in [7, 11) is 0. The van der Waals surface area contributed by atoms with Gasteiger partial charge in [-0.1, -0.05) is 6.92 Å². The third kappa shape index (κ3) is 2.49. The van der Waals surface area contributed by atoms with Gasteiger partial charge in [-0.25, -0.2) is 0 Å². The molecule has 1 amide bonds. The van der Waals surface area contributed by atoms with E-state index < -0.39 is 22.8 Å². The van der Waals surface area contributed by atoms with Gasteiger partial charge in [-0.3, -0.25) is 9.59 Å². The zero-order chi connectivity index (χ0) is 14.0. The summed E-state index contributed by atoms with van der Waals surface area (Å²) < 4.78 is 5.19. The van der Waals surface area contributed by atoms with Crippen LogP contribution in [0.25, 0.3) is 0 Å². The van der Waals surface area contributed by atoms with Crippen LogP contribution in [0.1, 0.15) is 27.2 Å². The van der Waals surface area contributed by atoms with Crippen molar-refractivity contribution < 1.29 is 19.4 Å². The molecule has 1 aliphatic rings. The molecule has 0 aromatic rings. The highest BCUT2D eigenvalue weighted by Crippen LogP contribution is 2.30. The van der Waals surface area contributed by atoms with E-state index in [-0.39, 0.29) is 25.7 Å². The van der Waals surface area contributed by atoms with E-state index >= 15 is 0 Å². The van der Waals surface area contributed by atoms with Crippen LogP contribution in [-0.4, -0.2) is 42.8 Å². The standard InChI is InChI=1S/C12H22N2O4/c1-4-11(2,6-13)9(15)14-8-5-18-7-12(8,3)10(16)17/h8H,4-7,13H2,1-3H3,(H,14,15)(H,16,17). The number of nitrogens with two attached hydrogens (primary N) is 1. The molecule has 18 heavy (non-hydrogen) atoms. The second kappa shape index (κ2) is 5.24. The Hall–Kier alpha value is -1.14. The maximum atomic E-state index is 12.2. The number of ether oxygens (including phenoxy) is 1. The Balaban J connectivity index is 2.79. The van der Waals surface area contributed by atoms with Gasteiger partial charge in [0.15, 0.2) is 0 Å². The molecule has 0 radical (unpaired) electrons. The maximum Gasteiger partial charge on any atom is 0.313 e. The van der Waals surface area contributed by atoms with Gasteiger partial charge in [0.1, 0.15) is 5.41 Å². The van der Waals surface area contributed by atoms with Crippen LogP contribution in [0.3, 0.4) is 0 Å². The van der Waals surface area contributed by atoms with Crippen molar-refractivity contribution in [2.75, 3.05) is 19.8 Å². The molecule has 0 aromatic heterocycles. The number of carbonyl (C=O) groups excluding carboxylic acids is 1. The lowest BCUT2D eigenvalue weighted by Gasteiger charge is -2.31. The first kappa shape index (κ1) is 14.9. The van der Waals surface area contributed by atoms with Gasteiger partial charge in [0.2, 0.25) is 5.91 Å². The Bertz CT molecular complexity index is 341. The van der Waals surface area contributed by atoms with Crippen molar-refractivity contribution in [1.82, 2.24) is 5.32 Å². The van der Waals surface area contributed by atoms with E-state index in [1.165, 1.54) is 0 Å². The molecular weight excluding hydrogens is 236 g/mol. The fraction of sp³-hybridized carbons (Fsp3) is 0.833. The molecule has 1 aliphatic heterocycles. The average Bonchev–Trinajstić information content (AvgIpc) is 2.71. The van der Waals surface area contributed by atoms with Crippen LogP contribution in [0.4, 0.5) is 0 Å². The molecule has 1 saturated heterocycles. The molecule has 1 fully saturated rings. The van der Waals surface area contributed by atoms with Crippen molar-refractivity contribution in [2.45, 2.75) is 33.2 Å². The van der Waals surface area contributed by atoms with Crippen molar-refractivity contribution in [2.24, 2.45) is 16.6 Å². The predicted molar refractivity (Wildman–Crippen MR) is 65.9 cm³/mol. The van der Waals surface area contributed by atoms with Crippen molar-refractivity contribution in [3.05, 3.63) is 0 Å². The minimum absolute atomic E-state index is 0.110. The molecule has 104 valence electrons. The van der Waals surface area contributed by atoms with E-state index in [0.717, 1.165) is 0 Å². The van der Waals surface area contributed by atoms with Crippen molar-refractivity contribution in [3.63, 3.8) is 0 Å². The Labute approximate surface area is 107 Å². The third-order valence-corrected chi connectivity index (χ3v) is 4.03. The van der Waals surface area contributed by atoms with Gasteiger partial charge in [0, 0.05) is 6.54 Å². The first-order chi connectivity index (χ1) is 8.30. The maximum absolute atomic E-state index is 12.2. The van der Waals surface area contributed by atoms with Crippen LogP contribution in [-0.2, 0) is 14.3 Å². The van der Waals surface area contributed by atoms with Crippen LogP contribution in [0.2, 0.25) is 0 Å². The molecule has 1 heterocycles. The molecule has 0 saturated carbocycles. The summed E-state index contributed by atoms with van der Waals surface area (Å²) in [5.74, 6) is -1.17. The Morgan fingerprint density at radius 2 is 2.22 bits per heavy atom. The van der Waals surface area contributed by atoms with E-state index in [0.29, 0.717) is 6.42 Å². The van der Waals surface area contributed by atoms with Gasteiger partial charge >= 0.3 is 5.97 Å². The summed E-state index contributed by atoms with van der Waals surface area (Å²) in [6, 6.07) is -0.514. The predicted octanol–water partition coefficient (Wildman–Crippen LogP) is -0.0327. The summed E-state index contributed by atoms with van der Waals surface area (Å²) in [6.07, 6.45) is 0.604. The molecule has 6 heteroatoms. The zero-order valence-corrected chi connectivity index (χ0v) is 11.2. The number of rotatable bonds is 5. The highest BCUT2D eigenvalue weighted by Gasteiger charge is 2.48. The van der Waals surface area contributed by atoms with Gasteiger partial charge in [-0.05, 0) is 20.3 Å². The molecular formula is C12H22N2O4. The Morgan fingerprint density at radius 1 is 1.61 bits per heavy atom. The minimum Gasteiger partial charge on any atom is -0.481 e. The molecule has 0 bridgehead atoms. The van der Waals surface area contributed by atoms with Crippen molar-refractivity contribution in [3.8, 4) is 0 Å². The molecule has 1 rings (SSSR count). The van der Waals surface area contributed by atoms with Crippen LogP contribution in [0, 0.1) is 10.8 Å². The van der Waals surface area contributed by atoms with E-state index in [4.69, 9.17) is 10.5 Å². The van der Waals surface area contributed by atoms with E-state index in [9.17, 15) is 14.7 Å². The van der Waals surface area contributed by atoms with Crippen molar-refractivity contribution in [1.29, 1.82) is 0 Å². The lowest BCUT2D eigenvalue weighted by Crippen LogP contribution is -2.54. The minimum atomic E-state index is -1.07. The number of carboxylic acid groups (broad SMARTS) is 1. The van der Waals surface area contributed by atoms with E-state index in [2.05, 4.69) is 5.32 Å². The Morgan fingerprint density at radius 3 is 2.67 bits per heavy atom. The van der Waals surface area contributed by atoms with Crippen LogP contribution in [0.15, 0.2) is 0 Å². The summed E-state index contributed by atoms with van der Waals surface area (Å²) in [5.41, 5.74) is 3.88. The number of nitrogens with one attached hydrogen (secondary N) is 1. The lowest BCUT2D eigenvalue weighted by molar-refractivity contribution is -0.149. The van der Waals surface area contributed by atoms with Crippen LogP contribution >= 0.6 is 0 Å². The number of hydrogen-bond acceptors (Lipinski definition) is 4.